The van der Waals surface area contributed by atoms with Gasteiger partial charge in [0.25, 0.3) is 0 Å². The van der Waals surface area contributed by atoms with Crippen molar-refractivity contribution in [3.8, 4) is 11.3 Å². The second-order valence-electron chi connectivity index (χ2n) is 2.77. The lowest BCUT2D eigenvalue weighted by Crippen LogP contribution is -1.98. The Hall–Kier alpha value is -1.64. The predicted octanol–water partition coefficient (Wildman–Crippen LogP) is 1.97. The number of hydrogen-bond donors (Lipinski definition) is 0. The second-order valence-corrected chi connectivity index (χ2v) is 2.77. The van der Waals surface area contributed by atoms with E-state index in [-0.39, 0.29) is 0 Å². The van der Waals surface area contributed by atoms with E-state index in [0.29, 0.717) is 0 Å². The molecular formula is C10H11N3. The van der Waals surface area contributed by atoms with Crippen molar-refractivity contribution in [2.75, 3.05) is 0 Å². The molecule has 0 fully saturated rings. The number of hydrogen-bond acceptors (Lipinski definition) is 2. The van der Waals surface area contributed by atoms with E-state index >= 15 is 0 Å². The fourth-order valence-electron chi connectivity index (χ4n) is 1.34. The molecule has 2 heterocycles. The van der Waals surface area contributed by atoms with Gasteiger partial charge in [-0.1, -0.05) is 0 Å². The van der Waals surface area contributed by atoms with Gasteiger partial charge in [0.15, 0.2) is 0 Å². The fourth-order valence-corrected chi connectivity index (χ4v) is 1.34. The summed E-state index contributed by atoms with van der Waals surface area (Å²) < 4.78 is 1.96. The maximum Gasteiger partial charge on any atom is 0.0697 e. The second kappa shape index (κ2) is 3.39. The minimum absolute atomic E-state index is 0.886. The Balaban J connectivity index is 2.47. The molecule has 0 atom stereocenters. The van der Waals surface area contributed by atoms with Crippen molar-refractivity contribution in [2.24, 2.45) is 0 Å². The molecule has 0 spiro atoms. The Morgan fingerprint density at radius 2 is 2.23 bits per heavy atom. The minimum Gasteiger partial charge on any atom is -0.265 e. The molecule has 2 aromatic rings. The molecule has 0 saturated carbocycles. The first-order chi connectivity index (χ1) is 6.42. The molecule has 0 saturated heterocycles. The summed E-state index contributed by atoms with van der Waals surface area (Å²) in [6.07, 6.45) is 5.44. The largest absolute Gasteiger partial charge is 0.265 e. The highest BCUT2D eigenvalue weighted by molar-refractivity contribution is 5.57. The Bertz CT molecular complexity index is 378. The van der Waals surface area contributed by atoms with E-state index in [1.165, 1.54) is 0 Å². The van der Waals surface area contributed by atoms with Gasteiger partial charge in [-0.2, -0.15) is 5.10 Å². The first kappa shape index (κ1) is 7.98. The molecule has 0 aromatic carbocycles. The quantitative estimate of drug-likeness (QED) is 0.695. The zero-order valence-corrected chi connectivity index (χ0v) is 7.51. The van der Waals surface area contributed by atoms with Crippen molar-refractivity contribution >= 4 is 0 Å². The average Bonchev–Trinajstić information content (AvgIpc) is 2.67. The predicted molar refractivity (Wildman–Crippen MR) is 51.1 cm³/mol. The van der Waals surface area contributed by atoms with Crippen LogP contribution in [0.2, 0.25) is 0 Å². The molecule has 0 amide bonds. The van der Waals surface area contributed by atoms with Crippen LogP contribution in [0.3, 0.4) is 0 Å². The van der Waals surface area contributed by atoms with Crippen LogP contribution in [0.15, 0.2) is 36.8 Å². The summed E-state index contributed by atoms with van der Waals surface area (Å²) in [6, 6.07) is 5.97. The Kier molecular flexibility index (Phi) is 2.08. The Labute approximate surface area is 77.0 Å². The maximum atomic E-state index is 4.20. The van der Waals surface area contributed by atoms with Crippen LogP contribution in [0.25, 0.3) is 11.3 Å². The van der Waals surface area contributed by atoms with Gasteiger partial charge in [-0.3, -0.25) is 9.67 Å². The minimum atomic E-state index is 0.886. The monoisotopic (exact) mass is 173 g/mol. The van der Waals surface area contributed by atoms with Crippen molar-refractivity contribution in [2.45, 2.75) is 13.5 Å². The normalized spacial score (nSPS) is 10.2. The van der Waals surface area contributed by atoms with Crippen LogP contribution >= 0.6 is 0 Å². The summed E-state index contributed by atoms with van der Waals surface area (Å²) in [6.45, 7) is 2.96. The van der Waals surface area contributed by atoms with Crippen LogP contribution in [0.1, 0.15) is 6.92 Å². The van der Waals surface area contributed by atoms with Gasteiger partial charge in [-0.05, 0) is 25.1 Å². The molecule has 3 nitrogen and oxygen atoms in total. The van der Waals surface area contributed by atoms with E-state index in [0.717, 1.165) is 17.8 Å². The zero-order chi connectivity index (χ0) is 9.10. The van der Waals surface area contributed by atoms with Crippen LogP contribution in [-0.2, 0) is 6.54 Å². The summed E-state index contributed by atoms with van der Waals surface area (Å²) in [5.74, 6) is 0. The van der Waals surface area contributed by atoms with Crippen molar-refractivity contribution in [1.29, 1.82) is 0 Å². The van der Waals surface area contributed by atoms with Gasteiger partial charge in [0, 0.05) is 30.7 Å². The van der Waals surface area contributed by atoms with Gasteiger partial charge in [-0.25, -0.2) is 0 Å². The van der Waals surface area contributed by atoms with E-state index < -0.39 is 0 Å². The van der Waals surface area contributed by atoms with E-state index in [1.54, 1.807) is 6.20 Å². The van der Waals surface area contributed by atoms with Gasteiger partial charge in [0.05, 0.1) is 5.69 Å². The number of pyridine rings is 1. The van der Waals surface area contributed by atoms with Crippen molar-refractivity contribution < 1.29 is 0 Å². The third-order valence-corrected chi connectivity index (χ3v) is 1.97. The maximum absolute atomic E-state index is 4.20. The van der Waals surface area contributed by atoms with Gasteiger partial charge in [0.1, 0.15) is 0 Å². The zero-order valence-electron chi connectivity index (χ0n) is 7.51. The average molecular weight is 173 g/mol. The molecular weight excluding hydrogens is 162 g/mol. The molecule has 0 aliphatic heterocycles. The summed E-state index contributed by atoms with van der Waals surface area (Å²) >= 11 is 0. The third kappa shape index (κ3) is 1.45. The van der Waals surface area contributed by atoms with Crippen LogP contribution in [0.4, 0.5) is 0 Å². The third-order valence-electron chi connectivity index (χ3n) is 1.97. The van der Waals surface area contributed by atoms with Crippen LogP contribution in [0, 0.1) is 0 Å². The lowest BCUT2D eigenvalue weighted by atomic mass is 10.2. The smallest absolute Gasteiger partial charge is 0.0697 e. The standard InChI is InChI=1S/C10H11N3/c1-2-13-10(5-7-12-13)9-4-3-6-11-8-9/h3-8H,2H2,1H3. The molecule has 0 aliphatic rings. The van der Waals surface area contributed by atoms with E-state index in [9.17, 15) is 0 Å². The highest BCUT2D eigenvalue weighted by Crippen LogP contribution is 2.16. The molecule has 13 heavy (non-hydrogen) atoms. The fraction of sp³-hybridized carbons (Fsp3) is 0.200. The molecule has 0 radical (unpaired) electrons. The highest BCUT2D eigenvalue weighted by Gasteiger charge is 2.02. The molecule has 2 rings (SSSR count). The van der Waals surface area contributed by atoms with Gasteiger partial charge in [0.2, 0.25) is 0 Å². The summed E-state index contributed by atoms with van der Waals surface area (Å²) in [5, 5.41) is 4.20. The number of aryl methyl sites for hydroxylation is 1. The summed E-state index contributed by atoms with van der Waals surface area (Å²) in [7, 11) is 0. The van der Waals surface area contributed by atoms with Gasteiger partial charge >= 0.3 is 0 Å². The molecule has 3 heteroatoms. The summed E-state index contributed by atoms with van der Waals surface area (Å²) in [4.78, 5) is 4.07. The highest BCUT2D eigenvalue weighted by atomic mass is 15.3. The number of rotatable bonds is 2. The molecule has 2 aromatic heterocycles. The summed E-state index contributed by atoms with van der Waals surface area (Å²) in [5.41, 5.74) is 2.23. The van der Waals surface area contributed by atoms with Crippen molar-refractivity contribution in [1.82, 2.24) is 14.8 Å². The molecule has 66 valence electrons. The molecule has 0 N–H and O–H groups in total. The Morgan fingerprint density at radius 3 is 2.92 bits per heavy atom. The number of aromatic nitrogens is 3. The lowest BCUT2D eigenvalue weighted by molar-refractivity contribution is 0.667. The molecule has 0 aliphatic carbocycles. The topological polar surface area (TPSA) is 30.7 Å². The van der Waals surface area contributed by atoms with E-state index in [1.807, 2.05) is 35.3 Å². The number of nitrogens with zero attached hydrogens (tertiary/aromatic N) is 3. The molecule has 0 bridgehead atoms. The van der Waals surface area contributed by atoms with Crippen molar-refractivity contribution in [3.05, 3.63) is 36.8 Å². The van der Waals surface area contributed by atoms with Gasteiger partial charge in [-0.15, -0.1) is 0 Å². The molecule has 0 unspecified atom stereocenters. The lowest BCUT2D eigenvalue weighted by Gasteiger charge is -2.02. The van der Waals surface area contributed by atoms with E-state index in [2.05, 4.69) is 17.0 Å². The SMILES string of the molecule is CCn1nccc1-c1cccnc1. The van der Waals surface area contributed by atoms with Crippen molar-refractivity contribution in [3.63, 3.8) is 0 Å². The van der Waals surface area contributed by atoms with Crippen LogP contribution < -0.4 is 0 Å². The first-order valence-corrected chi connectivity index (χ1v) is 4.34. The Morgan fingerprint density at radius 1 is 1.31 bits per heavy atom. The first-order valence-electron chi connectivity index (χ1n) is 4.34. The van der Waals surface area contributed by atoms with E-state index in [4.69, 9.17) is 0 Å². The van der Waals surface area contributed by atoms with Crippen LogP contribution in [0.5, 0.6) is 0 Å². The van der Waals surface area contributed by atoms with Gasteiger partial charge < -0.3 is 0 Å². The van der Waals surface area contributed by atoms with Crippen LogP contribution in [-0.4, -0.2) is 14.8 Å².